The van der Waals surface area contributed by atoms with E-state index in [0.29, 0.717) is 6.42 Å². The van der Waals surface area contributed by atoms with Gasteiger partial charge < -0.3 is 9.67 Å². The number of aromatic nitrogens is 2. The number of hydrogen-bond donors (Lipinski definition) is 1. The minimum absolute atomic E-state index is 0.119. The number of aryl methyl sites for hydroxylation is 1. The second-order valence-electron chi connectivity index (χ2n) is 3.86. The van der Waals surface area contributed by atoms with E-state index in [1.807, 2.05) is 18.5 Å². The van der Waals surface area contributed by atoms with Crippen LogP contribution in [0.1, 0.15) is 29.6 Å². The molecule has 0 unspecified atom stereocenters. The lowest BCUT2D eigenvalue weighted by atomic mass is 10.2. The van der Waals surface area contributed by atoms with Crippen LogP contribution < -0.4 is 0 Å². The minimum Gasteiger partial charge on any atom is -0.395 e. The van der Waals surface area contributed by atoms with Crippen molar-refractivity contribution in [1.82, 2.24) is 9.55 Å². The molecule has 0 aliphatic rings. The molecule has 0 aliphatic carbocycles. The molecule has 2 aromatic rings. The van der Waals surface area contributed by atoms with E-state index in [-0.39, 0.29) is 6.61 Å². The fourth-order valence-electron chi connectivity index (χ4n) is 1.74. The van der Waals surface area contributed by atoms with E-state index in [1.54, 1.807) is 11.3 Å². The van der Waals surface area contributed by atoms with Gasteiger partial charge in [0.1, 0.15) is 5.82 Å². The van der Waals surface area contributed by atoms with Gasteiger partial charge in [-0.2, -0.15) is 0 Å². The summed E-state index contributed by atoms with van der Waals surface area (Å²) in [5.74, 6) is 7.17. The Bertz CT molecular complexity index is 560. The number of imidazole rings is 1. The first-order valence-electron chi connectivity index (χ1n) is 6.01. The predicted octanol–water partition coefficient (Wildman–Crippen LogP) is 2.29. The van der Waals surface area contributed by atoms with Crippen LogP contribution in [0.5, 0.6) is 0 Å². The van der Waals surface area contributed by atoms with Gasteiger partial charge in [-0.1, -0.05) is 18.8 Å². The molecule has 0 spiro atoms. The van der Waals surface area contributed by atoms with Crippen molar-refractivity contribution in [1.29, 1.82) is 0 Å². The lowest BCUT2D eigenvalue weighted by Gasteiger charge is -2.05. The van der Waals surface area contributed by atoms with Crippen molar-refractivity contribution in [2.75, 3.05) is 6.61 Å². The number of nitrogens with zero attached hydrogens (tertiary/aromatic N) is 2. The van der Waals surface area contributed by atoms with Crippen molar-refractivity contribution in [3.63, 3.8) is 0 Å². The van der Waals surface area contributed by atoms with Gasteiger partial charge in [-0.25, -0.2) is 4.98 Å². The van der Waals surface area contributed by atoms with Gasteiger partial charge >= 0.3 is 0 Å². The second kappa shape index (κ2) is 6.39. The molecule has 2 aromatic heterocycles. The van der Waals surface area contributed by atoms with E-state index in [9.17, 15) is 0 Å². The normalized spacial score (nSPS) is 10.1. The molecule has 0 aliphatic heterocycles. The summed E-state index contributed by atoms with van der Waals surface area (Å²) in [6, 6.07) is 2.03. The third kappa shape index (κ3) is 3.00. The summed E-state index contributed by atoms with van der Waals surface area (Å²) in [6.07, 6.45) is 5.30. The molecule has 0 saturated heterocycles. The fraction of sp³-hybridized carbons (Fsp3) is 0.357. The summed E-state index contributed by atoms with van der Waals surface area (Å²) in [5.41, 5.74) is 1.06. The van der Waals surface area contributed by atoms with Gasteiger partial charge in [0.05, 0.1) is 13.2 Å². The van der Waals surface area contributed by atoms with Crippen molar-refractivity contribution in [2.45, 2.75) is 26.3 Å². The molecule has 2 rings (SSSR count). The first-order chi connectivity index (χ1) is 8.85. The Morgan fingerprint density at radius 3 is 3.17 bits per heavy atom. The zero-order valence-electron chi connectivity index (χ0n) is 10.4. The zero-order chi connectivity index (χ0) is 12.8. The van der Waals surface area contributed by atoms with Crippen LogP contribution in [0.2, 0.25) is 0 Å². The van der Waals surface area contributed by atoms with Gasteiger partial charge in [-0.3, -0.25) is 0 Å². The number of aliphatic hydroxyl groups is 1. The summed E-state index contributed by atoms with van der Waals surface area (Å²) in [5, 5.41) is 10.8. The maximum absolute atomic E-state index is 8.73. The smallest absolute Gasteiger partial charge is 0.108 e. The highest BCUT2D eigenvalue weighted by molar-refractivity contribution is 7.10. The standard InChI is InChI=1S/C14H16N2OS/c1-2-14-15-7-8-16(14)11-13-12(6-10-18-13)5-3-4-9-17/h6-8,10,17H,2,4,9,11H2,1H3. The molecule has 0 saturated carbocycles. The van der Waals surface area contributed by atoms with E-state index in [2.05, 4.69) is 33.7 Å². The molecule has 1 N–H and O–H groups in total. The summed E-state index contributed by atoms with van der Waals surface area (Å²) >= 11 is 1.71. The van der Waals surface area contributed by atoms with Crippen LogP contribution >= 0.6 is 11.3 Å². The Labute approximate surface area is 111 Å². The van der Waals surface area contributed by atoms with E-state index in [0.717, 1.165) is 24.4 Å². The largest absolute Gasteiger partial charge is 0.395 e. The maximum Gasteiger partial charge on any atom is 0.108 e. The topological polar surface area (TPSA) is 38.0 Å². The van der Waals surface area contributed by atoms with Crippen LogP contribution in [-0.2, 0) is 13.0 Å². The maximum atomic E-state index is 8.73. The number of aliphatic hydroxyl groups excluding tert-OH is 1. The van der Waals surface area contributed by atoms with Gasteiger partial charge in [0, 0.05) is 35.7 Å². The number of thiophene rings is 1. The molecule has 0 bridgehead atoms. The Hall–Kier alpha value is -1.57. The van der Waals surface area contributed by atoms with Crippen molar-refractivity contribution < 1.29 is 5.11 Å². The van der Waals surface area contributed by atoms with Gasteiger partial charge in [0.2, 0.25) is 0 Å². The zero-order valence-corrected chi connectivity index (χ0v) is 11.2. The highest BCUT2D eigenvalue weighted by atomic mass is 32.1. The van der Waals surface area contributed by atoms with Crippen molar-refractivity contribution in [3.05, 3.63) is 40.1 Å². The second-order valence-corrected chi connectivity index (χ2v) is 4.86. The van der Waals surface area contributed by atoms with Crippen molar-refractivity contribution >= 4 is 11.3 Å². The Morgan fingerprint density at radius 1 is 1.50 bits per heavy atom. The number of hydrogen-bond acceptors (Lipinski definition) is 3. The first kappa shape index (κ1) is 12.9. The van der Waals surface area contributed by atoms with Crippen LogP contribution in [0.4, 0.5) is 0 Å². The average molecular weight is 260 g/mol. The predicted molar refractivity (Wildman–Crippen MR) is 73.6 cm³/mol. The third-order valence-corrected chi connectivity index (χ3v) is 3.54. The van der Waals surface area contributed by atoms with Gasteiger partial charge in [0.15, 0.2) is 0 Å². The molecule has 18 heavy (non-hydrogen) atoms. The highest BCUT2D eigenvalue weighted by Crippen LogP contribution is 2.18. The molecule has 94 valence electrons. The Balaban J connectivity index is 2.16. The van der Waals surface area contributed by atoms with E-state index >= 15 is 0 Å². The summed E-state index contributed by atoms with van der Waals surface area (Å²) in [4.78, 5) is 5.56. The fourth-order valence-corrected chi connectivity index (χ4v) is 2.57. The Kier molecular flexibility index (Phi) is 4.57. The van der Waals surface area contributed by atoms with Crippen molar-refractivity contribution in [2.24, 2.45) is 0 Å². The molecule has 3 nitrogen and oxygen atoms in total. The van der Waals surface area contributed by atoms with Gasteiger partial charge in [-0.05, 0) is 11.4 Å². The van der Waals surface area contributed by atoms with Gasteiger partial charge in [-0.15, -0.1) is 11.3 Å². The monoisotopic (exact) mass is 260 g/mol. The minimum atomic E-state index is 0.119. The highest BCUT2D eigenvalue weighted by Gasteiger charge is 2.05. The molecule has 0 fully saturated rings. The summed E-state index contributed by atoms with van der Waals surface area (Å²) in [7, 11) is 0. The summed E-state index contributed by atoms with van der Waals surface area (Å²) < 4.78 is 2.16. The van der Waals surface area contributed by atoms with E-state index in [1.165, 1.54) is 4.88 Å². The molecule has 0 amide bonds. The first-order valence-corrected chi connectivity index (χ1v) is 6.89. The van der Waals surface area contributed by atoms with Crippen LogP contribution in [0.3, 0.4) is 0 Å². The van der Waals surface area contributed by atoms with Crippen LogP contribution in [0, 0.1) is 11.8 Å². The molecule has 4 heteroatoms. The molecular weight excluding hydrogens is 244 g/mol. The SMILES string of the molecule is CCc1nccn1Cc1sccc1C#CCCO. The third-order valence-electron chi connectivity index (χ3n) is 2.64. The lowest BCUT2D eigenvalue weighted by Crippen LogP contribution is -2.02. The Morgan fingerprint density at radius 2 is 2.39 bits per heavy atom. The van der Waals surface area contributed by atoms with E-state index in [4.69, 9.17) is 5.11 Å². The average Bonchev–Trinajstić information content (AvgIpc) is 3.00. The van der Waals surface area contributed by atoms with Crippen LogP contribution in [0.15, 0.2) is 23.8 Å². The van der Waals surface area contributed by atoms with Crippen LogP contribution in [-0.4, -0.2) is 21.3 Å². The van der Waals surface area contributed by atoms with E-state index < -0.39 is 0 Å². The molecule has 2 heterocycles. The molecule has 0 aromatic carbocycles. The molecular formula is C14H16N2OS. The van der Waals surface area contributed by atoms with Crippen LogP contribution in [0.25, 0.3) is 0 Å². The molecule has 0 atom stereocenters. The quantitative estimate of drug-likeness (QED) is 0.857. The van der Waals surface area contributed by atoms with Gasteiger partial charge in [0.25, 0.3) is 0 Å². The molecule has 0 radical (unpaired) electrons. The van der Waals surface area contributed by atoms with Crippen molar-refractivity contribution in [3.8, 4) is 11.8 Å². The lowest BCUT2D eigenvalue weighted by molar-refractivity contribution is 0.305. The summed E-state index contributed by atoms with van der Waals surface area (Å²) in [6.45, 7) is 3.05. The number of rotatable bonds is 4.